The monoisotopic (exact) mass is 458 g/mol. The third-order valence-electron chi connectivity index (χ3n) is 9.05. The molecule has 0 amide bonds. The van der Waals surface area contributed by atoms with Crippen molar-refractivity contribution in [3.8, 4) is 0 Å². The lowest BCUT2D eigenvalue weighted by Gasteiger charge is -2.59. The molecule has 4 aliphatic carbocycles. The van der Waals surface area contributed by atoms with Gasteiger partial charge in [-0.2, -0.15) is 0 Å². The van der Waals surface area contributed by atoms with Crippen LogP contribution >= 0.6 is 0 Å². The van der Waals surface area contributed by atoms with E-state index in [9.17, 15) is 24.3 Å². The maximum atomic E-state index is 13.5. The van der Waals surface area contributed by atoms with Crippen LogP contribution in [0, 0.1) is 28.6 Å². The average molecular weight is 459 g/mol. The van der Waals surface area contributed by atoms with Crippen LogP contribution in [0.25, 0.3) is 0 Å². The molecule has 7 atom stereocenters. The van der Waals surface area contributed by atoms with Gasteiger partial charge in [0.2, 0.25) is 5.78 Å². The molecule has 0 heterocycles. The SMILES string of the molecule is CCC(=O)O[C@]1(C(=O)COC(C)=O)CC[C@H]2[C@@H]3CCC4=CC(=O)C=C[C@]4(C)[C@H]3[C@@H](O)C[C@@]21C. The molecule has 0 spiro atoms. The predicted molar refractivity (Wildman–Crippen MR) is 119 cm³/mol. The van der Waals surface area contributed by atoms with Gasteiger partial charge >= 0.3 is 11.9 Å². The Hall–Kier alpha value is -2.28. The zero-order valence-electron chi connectivity index (χ0n) is 19.9. The summed E-state index contributed by atoms with van der Waals surface area (Å²) in [5.41, 5.74) is -1.56. The highest BCUT2D eigenvalue weighted by Gasteiger charge is 2.70. The number of carbonyl (C=O) groups is 4. The Morgan fingerprint density at radius 1 is 1.21 bits per heavy atom. The lowest BCUT2D eigenvalue weighted by molar-refractivity contribution is -0.200. The summed E-state index contributed by atoms with van der Waals surface area (Å²) in [4.78, 5) is 49.3. The second-order valence-corrected chi connectivity index (χ2v) is 10.6. The minimum absolute atomic E-state index is 0.0153. The molecule has 4 rings (SSSR count). The maximum Gasteiger partial charge on any atom is 0.306 e. The van der Waals surface area contributed by atoms with Crippen LogP contribution < -0.4 is 0 Å². The van der Waals surface area contributed by atoms with E-state index in [0.717, 1.165) is 18.4 Å². The summed E-state index contributed by atoms with van der Waals surface area (Å²) in [6.07, 6.45) is 7.54. The summed E-state index contributed by atoms with van der Waals surface area (Å²) < 4.78 is 10.9. The molecule has 0 aliphatic heterocycles. The lowest BCUT2D eigenvalue weighted by Crippen LogP contribution is -2.63. The number of rotatable bonds is 5. The van der Waals surface area contributed by atoms with Gasteiger partial charge in [0.15, 0.2) is 18.0 Å². The van der Waals surface area contributed by atoms with E-state index in [0.29, 0.717) is 19.3 Å². The van der Waals surface area contributed by atoms with Gasteiger partial charge in [0, 0.05) is 30.1 Å². The van der Waals surface area contributed by atoms with Crippen LogP contribution in [0.15, 0.2) is 23.8 Å². The van der Waals surface area contributed by atoms with Gasteiger partial charge in [0.05, 0.1) is 6.10 Å². The zero-order chi connectivity index (χ0) is 24.2. The van der Waals surface area contributed by atoms with E-state index < -0.39 is 46.9 Å². The number of aliphatic hydroxyl groups excluding tert-OH is 1. The number of hydrogen-bond acceptors (Lipinski definition) is 7. The molecule has 0 aromatic rings. The van der Waals surface area contributed by atoms with Gasteiger partial charge in [-0.1, -0.05) is 32.4 Å². The second kappa shape index (κ2) is 8.19. The van der Waals surface area contributed by atoms with Gasteiger partial charge in [0.25, 0.3) is 0 Å². The number of ether oxygens (including phenoxy) is 2. The van der Waals surface area contributed by atoms with Crippen molar-refractivity contribution in [2.45, 2.75) is 77.9 Å². The zero-order valence-corrected chi connectivity index (χ0v) is 19.9. The van der Waals surface area contributed by atoms with Gasteiger partial charge < -0.3 is 14.6 Å². The fraction of sp³-hybridized carbons (Fsp3) is 0.692. The molecule has 7 heteroatoms. The van der Waals surface area contributed by atoms with Crippen LogP contribution in [-0.2, 0) is 28.7 Å². The first-order valence-electron chi connectivity index (χ1n) is 12.0. The highest BCUT2D eigenvalue weighted by atomic mass is 16.6. The molecule has 0 saturated heterocycles. The smallest absolute Gasteiger partial charge is 0.306 e. The molecule has 0 bridgehead atoms. The Morgan fingerprint density at radius 2 is 1.94 bits per heavy atom. The first-order valence-corrected chi connectivity index (χ1v) is 12.0. The van der Waals surface area contributed by atoms with E-state index >= 15 is 0 Å². The van der Waals surface area contributed by atoms with Crippen LogP contribution in [0.5, 0.6) is 0 Å². The van der Waals surface area contributed by atoms with Crippen LogP contribution in [-0.4, -0.2) is 46.9 Å². The van der Waals surface area contributed by atoms with Gasteiger partial charge in [-0.15, -0.1) is 0 Å². The Morgan fingerprint density at radius 3 is 2.61 bits per heavy atom. The summed E-state index contributed by atoms with van der Waals surface area (Å²) in [6, 6.07) is 0. The molecule has 180 valence electrons. The Kier molecular flexibility index (Phi) is 5.92. The van der Waals surface area contributed by atoms with Crippen molar-refractivity contribution in [1.29, 1.82) is 0 Å². The van der Waals surface area contributed by atoms with Crippen LogP contribution in [0.2, 0.25) is 0 Å². The molecule has 0 aromatic heterocycles. The minimum Gasteiger partial charge on any atom is -0.458 e. The van der Waals surface area contributed by atoms with E-state index in [1.165, 1.54) is 6.92 Å². The minimum atomic E-state index is -1.43. The topological polar surface area (TPSA) is 107 Å². The third kappa shape index (κ3) is 3.50. The molecular formula is C26H34O7. The molecular weight excluding hydrogens is 424 g/mol. The first kappa shape index (κ1) is 23.9. The van der Waals surface area contributed by atoms with Crippen LogP contribution in [0.1, 0.15) is 66.2 Å². The molecule has 0 aromatic carbocycles. The number of ketones is 2. The largest absolute Gasteiger partial charge is 0.458 e. The average Bonchev–Trinajstić information content (AvgIpc) is 3.04. The van der Waals surface area contributed by atoms with E-state index in [1.54, 1.807) is 19.1 Å². The van der Waals surface area contributed by atoms with Gasteiger partial charge in [-0.05, 0) is 56.1 Å². The molecule has 0 unspecified atom stereocenters. The molecule has 1 N–H and O–H groups in total. The van der Waals surface area contributed by atoms with Crippen molar-refractivity contribution < 1.29 is 33.8 Å². The number of allylic oxidation sites excluding steroid dienone is 4. The normalized spacial score (nSPS) is 41.4. The number of carbonyl (C=O) groups excluding carboxylic acids is 4. The van der Waals surface area contributed by atoms with Gasteiger partial charge in [-0.25, -0.2) is 0 Å². The second-order valence-electron chi connectivity index (χ2n) is 10.6. The van der Waals surface area contributed by atoms with Crippen molar-refractivity contribution in [2.24, 2.45) is 28.6 Å². The number of Topliss-reactive ketones (excluding diaryl/α,β-unsaturated/α-hetero) is 1. The van der Waals surface area contributed by atoms with Gasteiger partial charge in [-0.3, -0.25) is 19.2 Å². The number of esters is 2. The van der Waals surface area contributed by atoms with Crippen LogP contribution in [0.4, 0.5) is 0 Å². The van der Waals surface area contributed by atoms with E-state index in [-0.39, 0.29) is 30.0 Å². The highest BCUT2D eigenvalue weighted by molar-refractivity contribution is 6.01. The Balaban J connectivity index is 1.73. The van der Waals surface area contributed by atoms with E-state index in [4.69, 9.17) is 9.47 Å². The van der Waals surface area contributed by atoms with E-state index in [1.807, 2.05) is 13.0 Å². The van der Waals surface area contributed by atoms with Crippen molar-refractivity contribution in [3.05, 3.63) is 23.8 Å². The summed E-state index contributed by atoms with van der Waals surface area (Å²) in [7, 11) is 0. The Labute approximate surface area is 194 Å². The lowest BCUT2D eigenvalue weighted by atomic mass is 9.46. The predicted octanol–water partition coefficient (Wildman–Crippen LogP) is 3.09. The van der Waals surface area contributed by atoms with Crippen molar-refractivity contribution in [3.63, 3.8) is 0 Å². The quantitative estimate of drug-likeness (QED) is 0.631. The summed E-state index contributed by atoms with van der Waals surface area (Å²) >= 11 is 0. The van der Waals surface area contributed by atoms with Crippen molar-refractivity contribution >= 4 is 23.5 Å². The molecule has 3 fully saturated rings. The Bertz CT molecular complexity index is 948. The summed E-state index contributed by atoms with van der Waals surface area (Å²) in [6.45, 7) is 6.51. The maximum absolute atomic E-state index is 13.5. The molecule has 3 saturated carbocycles. The van der Waals surface area contributed by atoms with Gasteiger partial charge in [0.1, 0.15) is 0 Å². The van der Waals surface area contributed by atoms with Crippen molar-refractivity contribution in [2.75, 3.05) is 6.61 Å². The molecule has 7 nitrogen and oxygen atoms in total. The molecule has 4 aliphatic rings. The first-order chi connectivity index (χ1) is 15.5. The highest BCUT2D eigenvalue weighted by Crippen LogP contribution is 2.67. The number of fused-ring (bicyclic) bond motifs is 5. The summed E-state index contributed by atoms with van der Waals surface area (Å²) in [5, 5.41) is 11.5. The molecule has 33 heavy (non-hydrogen) atoms. The fourth-order valence-corrected chi connectivity index (χ4v) is 7.55. The fourth-order valence-electron chi connectivity index (χ4n) is 7.55. The third-order valence-corrected chi connectivity index (χ3v) is 9.05. The van der Waals surface area contributed by atoms with E-state index in [2.05, 4.69) is 6.92 Å². The number of hydrogen-bond donors (Lipinski definition) is 1. The standard InChI is InChI=1S/C26H34O7/c1-5-22(31)33-26(21(30)14-32-15(2)27)11-9-19-18-7-6-16-12-17(28)8-10-24(16,3)23(18)20(29)13-25(19,26)4/h8,10,12,18-20,23,29H,5-7,9,11,13-14H2,1-4H3/t18-,19-,20-,23+,24-,25-,26-/m0/s1. The van der Waals surface area contributed by atoms with Crippen LogP contribution in [0.3, 0.4) is 0 Å². The number of aliphatic hydroxyl groups is 1. The van der Waals surface area contributed by atoms with Crippen molar-refractivity contribution in [1.82, 2.24) is 0 Å². The summed E-state index contributed by atoms with van der Waals surface area (Å²) in [5.74, 6) is -1.38. The molecule has 0 radical (unpaired) electrons.